The first-order valence-corrected chi connectivity index (χ1v) is 6.40. The third-order valence-electron chi connectivity index (χ3n) is 3.80. The number of nitrogens with zero attached hydrogens (tertiary/aromatic N) is 3. The first-order valence-electron chi connectivity index (χ1n) is 6.40. The highest BCUT2D eigenvalue weighted by atomic mass is 15.3. The minimum Gasteiger partial charge on any atom is -0.383 e. The molecule has 5 nitrogen and oxygen atoms in total. The lowest BCUT2D eigenvalue weighted by Crippen LogP contribution is -2.54. The average Bonchev–Trinajstić information content (AvgIpc) is 2.36. The van der Waals surface area contributed by atoms with E-state index in [-0.39, 0.29) is 6.04 Å². The topological polar surface area (TPSA) is 57.4 Å². The molecule has 5 heteroatoms. The summed E-state index contributed by atoms with van der Waals surface area (Å²) in [6.07, 6.45) is 1.74. The Morgan fingerprint density at radius 3 is 2.89 bits per heavy atom. The Hall–Kier alpha value is -1.17. The van der Waals surface area contributed by atoms with Crippen molar-refractivity contribution in [3.63, 3.8) is 0 Å². The highest BCUT2D eigenvalue weighted by Gasteiger charge is 2.31. The Morgan fingerprint density at radius 2 is 2.22 bits per heavy atom. The van der Waals surface area contributed by atoms with Gasteiger partial charge in [0.05, 0.1) is 6.04 Å². The van der Waals surface area contributed by atoms with E-state index in [1.54, 1.807) is 6.20 Å². The molecule has 2 atom stereocenters. The average molecular weight is 249 g/mol. The van der Waals surface area contributed by atoms with E-state index >= 15 is 0 Å². The van der Waals surface area contributed by atoms with Crippen LogP contribution in [-0.4, -0.2) is 61.6 Å². The number of hydrogen-bond donors (Lipinski definition) is 2. The zero-order valence-electron chi connectivity index (χ0n) is 11.4. The largest absolute Gasteiger partial charge is 0.383 e. The number of nitrogens with one attached hydrogen (secondary N) is 1. The van der Waals surface area contributed by atoms with Gasteiger partial charge in [0.15, 0.2) is 0 Å². The Balaban J connectivity index is 2.25. The fraction of sp³-hybridized carbons (Fsp3) is 0.615. The Bertz CT molecular complexity index is 395. The van der Waals surface area contributed by atoms with Crippen LogP contribution in [0.3, 0.4) is 0 Å². The second kappa shape index (κ2) is 5.65. The van der Waals surface area contributed by atoms with Gasteiger partial charge in [-0.05, 0) is 27.2 Å². The molecular weight excluding hydrogens is 226 g/mol. The number of nitrogen functional groups attached to an aromatic ring is 1. The standard InChI is InChI=1S/C13H23N5/c1-15-12(10-5-4-6-16-13(10)14)11-9-17(2)7-8-18(11)3/h4-6,11-12,15H,7-9H2,1-3H3,(H2,14,16). The number of hydrogen-bond acceptors (Lipinski definition) is 5. The Morgan fingerprint density at radius 1 is 1.44 bits per heavy atom. The van der Waals surface area contributed by atoms with Gasteiger partial charge in [0.2, 0.25) is 0 Å². The maximum Gasteiger partial charge on any atom is 0.128 e. The molecule has 1 aliphatic rings. The van der Waals surface area contributed by atoms with Crippen LogP contribution in [0.4, 0.5) is 5.82 Å². The molecule has 0 spiro atoms. The fourth-order valence-corrected chi connectivity index (χ4v) is 2.65. The van der Waals surface area contributed by atoms with Gasteiger partial charge in [-0.2, -0.15) is 0 Å². The van der Waals surface area contributed by atoms with Crippen LogP contribution >= 0.6 is 0 Å². The van der Waals surface area contributed by atoms with Gasteiger partial charge in [-0.15, -0.1) is 0 Å². The summed E-state index contributed by atoms with van der Waals surface area (Å²) in [4.78, 5) is 8.95. The molecule has 0 aromatic carbocycles. The molecule has 1 fully saturated rings. The zero-order valence-corrected chi connectivity index (χ0v) is 11.4. The molecule has 0 aliphatic carbocycles. The molecule has 0 saturated carbocycles. The lowest BCUT2D eigenvalue weighted by atomic mass is 9.97. The van der Waals surface area contributed by atoms with Crippen molar-refractivity contribution in [2.75, 3.05) is 46.5 Å². The third-order valence-corrected chi connectivity index (χ3v) is 3.80. The van der Waals surface area contributed by atoms with Crippen LogP contribution in [0.25, 0.3) is 0 Å². The molecule has 18 heavy (non-hydrogen) atoms. The van der Waals surface area contributed by atoms with Gasteiger partial charge < -0.3 is 16.0 Å². The smallest absolute Gasteiger partial charge is 0.128 e. The predicted octanol–water partition coefficient (Wildman–Crippen LogP) is 0.170. The van der Waals surface area contributed by atoms with Gasteiger partial charge in [0, 0.05) is 37.4 Å². The molecule has 100 valence electrons. The van der Waals surface area contributed by atoms with E-state index in [9.17, 15) is 0 Å². The van der Waals surface area contributed by atoms with E-state index < -0.39 is 0 Å². The molecule has 0 amide bonds. The monoisotopic (exact) mass is 249 g/mol. The third kappa shape index (κ3) is 2.63. The summed E-state index contributed by atoms with van der Waals surface area (Å²) in [5.74, 6) is 0.624. The minimum absolute atomic E-state index is 0.214. The number of piperazine rings is 1. The summed E-state index contributed by atoms with van der Waals surface area (Å²) < 4.78 is 0. The van der Waals surface area contributed by atoms with Gasteiger partial charge in [-0.25, -0.2) is 4.98 Å². The highest BCUT2D eigenvalue weighted by Crippen LogP contribution is 2.25. The molecule has 2 unspecified atom stereocenters. The van der Waals surface area contributed by atoms with Crippen LogP contribution < -0.4 is 11.1 Å². The molecule has 0 bridgehead atoms. The van der Waals surface area contributed by atoms with Crippen LogP contribution in [0.15, 0.2) is 18.3 Å². The molecule has 1 aliphatic heterocycles. The zero-order chi connectivity index (χ0) is 13.1. The highest BCUT2D eigenvalue weighted by molar-refractivity contribution is 5.41. The van der Waals surface area contributed by atoms with Gasteiger partial charge in [-0.1, -0.05) is 6.07 Å². The summed E-state index contributed by atoms with van der Waals surface area (Å²) in [7, 11) is 6.33. The Kier molecular flexibility index (Phi) is 4.16. The molecule has 0 radical (unpaired) electrons. The fourth-order valence-electron chi connectivity index (χ4n) is 2.65. The van der Waals surface area contributed by atoms with E-state index in [1.165, 1.54) is 0 Å². The van der Waals surface area contributed by atoms with E-state index in [4.69, 9.17) is 5.73 Å². The normalized spacial score (nSPS) is 24.1. The summed E-state index contributed by atoms with van der Waals surface area (Å²) in [6.45, 7) is 3.24. The number of pyridine rings is 1. The molecule has 2 heterocycles. The molecule has 1 saturated heterocycles. The number of anilines is 1. The van der Waals surface area contributed by atoms with Crippen molar-refractivity contribution in [2.45, 2.75) is 12.1 Å². The SMILES string of the molecule is CNC(c1cccnc1N)C1CN(C)CCN1C. The first-order chi connectivity index (χ1) is 8.63. The lowest BCUT2D eigenvalue weighted by Gasteiger charge is -2.42. The summed E-state index contributed by atoms with van der Waals surface area (Å²) in [6, 6.07) is 4.64. The van der Waals surface area contributed by atoms with Crippen molar-refractivity contribution in [3.05, 3.63) is 23.9 Å². The molecule has 1 aromatic rings. The van der Waals surface area contributed by atoms with Gasteiger partial charge in [0.1, 0.15) is 5.82 Å². The molecule has 1 aromatic heterocycles. The summed E-state index contributed by atoms with van der Waals surface area (Å²) in [5.41, 5.74) is 7.09. The number of likely N-dealkylation sites (N-methyl/N-ethyl adjacent to an activating group) is 3. The number of aromatic nitrogens is 1. The molecule has 2 rings (SSSR count). The second-order valence-corrected chi connectivity index (χ2v) is 5.05. The maximum atomic E-state index is 6.00. The minimum atomic E-state index is 0.214. The number of rotatable bonds is 3. The lowest BCUT2D eigenvalue weighted by molar-refractivity contribution is 0.0898. The van der Waals surface area contributed by atoms with E-state index in [0.717, 1.165) is 25.2 Å². The van der Waals surface area contributed by atoms with Crippen molar-refractivity contribution in [1.82, 2.24) is 20.1 Å². The van der Waals surface area contributed by atoms with Crippen LogP contribution in [-0.2, 0) is 0 Å². The van der Waals surface area contributed by atoms with Gasteiger partial charge in [-0.3, -0.25) is 4.90 Å². The van der Waals surface area contributed by atoms with Crippen LogP contribution in [0, 0.1) is 0 Å². The van der Waals surface area contributed by atoms with Gasteiger partial charge in [0.25, 0.3) is 0 Å². The van der Waals surface area contributed by atoms with Crippen LogP contribution in [0.2, 0.25) is 0 Å². The maximum absolute atomic E-state index is 6.00. The van der Waals surface area contributed by atoms with Crippen LogP contribution in [0.1, 0.15) is 11.6 Å². The van der Waals surface area contributed by atoms with Crippen molar-refractivity contribution < 1.29 is 0 Å². The van der Waals surface area contributed by atoms with Crippen molar-refractivity contribution in [3.8, 4) is 0 Å². The molecular formula is C13H23N5. The summed E-state index contributed by atoms with van der Waals surface area (Å²) >= 11 is 0. The van der Waals surface area contributed by atoms with Crippen LogP contribution in [0.5, 0.6) is 0 Å². The predicted molar refractivity (Wildman–Crippen MR) is 74.4 cm³/mol. The summed E-state index contributed by atoms with van der Waals surface area (Å²) in [5, 5.41) is 3.39. The van der Waals surface area contributed by atoms with Crippen molar-refractivity contribution >= 4 is 5.82 Å². The second-order valence-electron chi connectivity index (χ2n) is 5.05. The van der Waals surface area contributed by atoms with Crippen molar-refractivity contribution in [2.24, 2.45) is 0 Å². The van der Waals surface area contributed by atoms with E-state index in [0.29, 0.717) is 11.9 Å². The van der Waals surface area contributed by atoms with Crippen molar-refractivity contribution in [1.29, 1.82) is 0 Å². The quantitative estimate of drug-likeness (QED) is 0.800. The Labute approximate surface area is 109 Å². The molecule has 3 N–H and O–H groups in total. The first kappa shape index (κ1) is 13.3. The van der Waals surface area contributed by atoms with Gasteiger partial charge >= 0.3 is 0 Å². The van der Waals surface area contributed by atoms with E-state index in [1.807, 2.05) is 13.1 Å². The number of nitrogens with two attached hydrogens (primary N) is 1. The van der Waals surface area contributed by atoms with E-state index in [2.05, 4.69) is 40.3 Å².